The van der Waals surface area contributed by atoms with Gasteiger partial charge in [0.05, 0.1) is 30.6 Å². The highest BCUT2D eigenvalue weighted by Gasteiger charge is 2.35. The Morgan fingerprint density at radius 3 is 2.63 bits per heavy atom. The Balaban J connectivity index is 1.68. The first kappa shape index (κ1) is 22.9. The van der Waals surface area contributed by atoms with E-state index >= 15 is 0 Å². The Morgan fingerprint density at radius 2 is 2.03 bits per heavy atom. The van der Waals surface area contributed by atoms with E-state index in [2.05, 4.69) is 0 Å². The number of benzene rings is 1. The molecule has 0 saturated carbocycles. The molecule has 2 fully saturated rings. The van der Waals surface area contributed by atoms with Crippen LogP contribution in [0.2, 0.25) is 0 Å². The first-order valence-corrected chi connectivity index (χ1v) is 12.7. The smallest absolute Gasteiger partial charge is 0.267 e. The standard InChI is InChI=1S/C20H26N2O5S3/c1-4-21(15-8-10-30(24,25)13-15)12-18-19(23)22(20(28)29-18)9-7-14-5-6-16(26-2)17(11-14)27-3/h5-6,11-12,15H,4,7-10,13H2,1-3H3/b18-12-. The van der Waals surface area contributed by atoms with Crippen molar-refractivity contribution in [2.75, 3.05) is 38.8 Å². The van der Waals surface area contributed by atoms with Crippen LogP contribution in [-0.4, -0.2) is 73.3 Å². The van der Waals surface area contributed by atoms with Crippen LogP contribution in [0.3, 0.4) is 0 Å². The molecule has 3 rings (SSSR count). The zero-order valence-electron chi connectivity index (χ0n) is 17.3. The van der Waals surface area contributed by atoms with Crippen molar-refractivity contribution in [3.63, 3.8) is 0 Å². The summed E-state index contributed by atoms with van der Waals surface area (Å²) in [7, 11) is 0.187. The van der Waals surface area contributed by atoms with Crippen LogP contribution in [0.25, 0.3) is 0 Å². The second-order valence-electron chi connectivity index (χ2n) is 7.14. The quantitative estimate of drug-likeness (QED) is 0.424. The highest BCUT2D eigenvalue weighted by Crippen LogP contribution is 2.33. The lowest BCUT2D eigenvalue weighted by Crippen LogP contribution is -2.33. The number of thiocarbonyl (C=S) groups is 1. The van der Waals surface area contributed by atoms with E-state index in [1.165, 1.54) is 11.8 Å². The molecule has 0 aliphatic carbocycles. The molecule has 7 nitrogen and oxygen atoms in total. The van der Waals surface area contributed by atoms with Gasteiger partial charge in [0, 0.05) is 25.3 Å². The Hall–Kier alpha value is -1.78. The number of amides is 1. The fourth-order valence-electron chi connectivity index (χ4n) is 3.60. The third-order valence-electron chi connectivity index (χ3n) is 5.27. The first-order chi connectivity index (χ1) is 14.3. The van der Waals surface area contributed by atoms with Gasteiger partial charge in [0.1, 0.15) is 4.32 Å². The summed E-state index contributed by atoms with van der Waals surface area (Å²) < 4.78 is 34.7. The maximum atomic E-state index is 12.9. The number of sulfone groups is 1. The summed E-state index contributed by atoms with van der Waals surface area (Å²) in [5.74, 6) is 1.50. The van der Waals surface area contributed by atoms with Gasteiger partial charge in [-0.15, -0.1) is 0 Å². The van der Waals surface area contributed by atoms with Gasteiger partial charge in [-0.05, 0) is 37.5 Å². The topological polar surface area (TPSA) is 76.2 Å². The van der Waals surface area contributed by atoms with E-state index in [-0.39, 0.29) is 23.5 Å². The molecule has 2 aliphatic rings. The number of methoxy groups -OCH3 is 2. The molecule has 2 aliphatic heterocycles. The van der Waals surface area contributed by atoms with Crippen LogP contribution in [0, 0.1) is 0 Å². The Morgan fingerprint density at radius 1 is 1.30 bits per heavy atom. The number of hydrogen-bond donors (Lipinski definition) is 0. The first-order valence-electron chi connectivity index (χ1n) is 9.70. The van der Waals surface area contributed by atoms with Crippen LogP contribution in [0.1, 0.15) is 18.9 Å². The third-order valence-corrected chi connectivity index (χ3v) is 8.39. The maximum absolute atomic E-state index is 12.9. The zero-order chi connectivity index (χ0) is 21.9. The minimum Gasteiger partial charge on any atom is -0.493 e. The van der Waals surface area contributed by atoms with Crippen molar-refractivity contribution in [3.8, 4) is 11.5 Å². The molecule has 2 saturated heterocycles. The molecule has 1 aromatic carbocycles. The van der Waals surface area contributed by atoms with Gasteiger partial charge in [0.15, 0.2) is 21.3 Å². The molecular weight excluding hydrogens is 444 g/mol. The van der Waals surface area contributed by atoms with Crippen molar-refractivity contribution in [1.82, 2.24) is 9.80 Å². The van der Waals surface area contributed by atoms with Crippen LogP contribution in [0.15, 0.2) is 29.3 Å². The van der Waals surface area contributed by atoms with Gasteiger partial charge in [-0.1, -0.05) is 30.0 Å². The van der Waals surface area contributed by atoms with E-state index in [0.29, 0.717) is 46.7 Å². The molecule has 1 aromatic rings. The molecule has 0 aromatic heterocycles. The molecule has 0 bridgehead atoms. The molecule has 0 spiro atoms. The Bertz CT molecular complexity index is 961. The number of carbonyl (C=O) groups excluding carboxylic acids is 1. The van der Waals surface area contributed by atoms with E-state index in [1.807, 2.05) is 30.0 Å². The minimum atomic E-state index is -2.99. The summed E-state index contributed by atoms with van der Waals surface area (Å²) in [6, 6.07) is 5.59. The van der Waals surface area contributed by atoms with Crippen molar-refractivity contribution in [1.29, 1.82) is 0 Å². The van der Waals surface area contributed by atoms with Gasteiger partial charge in [0.25, 0.3) is 5.91 Å². The maximum Gasteiger partial charge on any atom is 0.267 e. The molecule has 0 radical (unpaired) electrons. The van der Waals surface area contributed by atoms with Gasteiger partial charge < -0.3 is 14.4 Å². The van der Waals surface area contributed by atoms with Crippen LogP contribution in [0.4, 0.5) is 0 Å². The normalized spacial score (nSPS) is 22.0. The van der Waals surface area contributed by atoms with Gasteiger partial charge in [0.2, 0.25) is 0 Å². The van der Waals surface area contributed by atoms with Crippen molar-refractivity contribution >= 4 is 44.0 Å². The number of rotatable bonds is 8. The zero-order valence-corrected chi connectivity index (χ0v) is 19.7. The largest absolute Gasteiger partial charge is 0.493 e. The number of thioether (sulfide) groups is 1. The Kier molecular flexibility index (Phi) is 7.30. The van der Waals surface area contributed by atoms with Crippen LogP contribution in [0.5, 0.6) is 11.5 Å². The molecule has 164 valence electrons. The SMILES string of the molecule is CCN(/C=C1\SC(=S)N(CCc2ccc(OC)c(OC)c2)C1=O)C1CCS(=O)(=O)C1. The highest BCUT2D eigenvalue weighted by molar-refractivity contribution is 8.26. The molecule has 2 heterocycles. The number of ether oxygens (including phenoxy) is 2. The van der Waals surface area contributed by atoms with Crippen molar-refractivity contribution in [2.24, 2.45) is 0 Å². The highest BCUT2D eigenvalue weighted by atomic mass is 32.2. The molecule has 0 N–H and O–H groups in total. The second-order valence-corrected chi connectivity index (χ2v) is 11.0. The lowest BCUT2D eigenvalue weighted by atomic mass is 10.1. The number of carbonyl (C=O) groups is 1. The van der Waals surface area contributed by atoms with Crippen molar-refractivity contribution < 1.29 is 22.7 Å². The van der Waals surface area contributed by atoms with E-state index in [0.717, 1.165) is 5.56 Å². The van der Waals surface area contributed by atoms with Gasteiger partial charge in [-0.3, -0.25) is 9.69 Å². The summed E-state index contributed by atoms with van der Waals surface area (Å²) >= 11 is 6.69. The summed E-state index contributed by atoms with van der Waals surface area (Å²) in [6.07, 6.45) is 2.99. The van der Waals surface area contributed by atoms with Gasteiger partial charge in [-0.2, -0.15) is 0 Å². The predicted octanol–water partition coefficient (Wildman–Crippen LogP) is 2.46. The average molecular weight is 471 g/mol. The summed E-state index contributed by atoms with van der Waals surface area (Å²) in [6.45, 7) is 3.05. The fraction of sp³-hybridized carbons (Fsp3) is 0.500. The van der Waals surface area contributed by atoms with Gasteiger partial charge >= 0.3 is 0 Å². The Labute approximate surface area is 187 Å². The van der Waals surface area contributed by atoms with E-state index in [4.69, 9.17) is 21.7 Å². The molecule has 1 unspecified atom stereocenters. The van der Waals surface area contributed by atoms with Crippen LogP contribution < -0.4 is 9.47 Å². The molecular formula is C20H26N2O5S3. The summed E-state index contributed by atoms with van der Waals surface area (Å²) in [5, 5.41) is 0. The predicted molar refractivity (Wildman–Crippen MR) is 123 cm³/mol. The van der Waals surface area contributed by atoms with Crippen molar-refractivity contribution in [3.05, 3.63) is 34.9 Å². The summed E-state index contributed by atoms with van der Waals surface area (Å²) in [5.41, 5.74) is 1.01. The lowest BCUT2D eigenvalue weighted by molar-refractivity contribution is -0.122. The van der Waals surface area contributed by atoms with Crippen molar-refractivity contribution in [2.45, 2.75) is 25.8 Å². The van der Waals surface area contributed by atoms with E-state index < -0.39 is 9.84 Å². The number of hydrogen-bond acceptors (Lipinski definition) is 8. The average Bonchev–Trinajstić information content (AvgIpc) is 3.22. The lowest BCUT2D eigenvalue weighted by Gasteiger charge is -2.25. The molecule has 10 heteroatoms. The van der Waals surface area contributed by atoms with E-state index in [9.17, 15) is 13.2 Å². The molecule has 1 amide bonds. The van der Waals surface area contributed by atoms with Crippen LogP contribution in [-0.2, 0) is 21.1 Å². The minimum absolute atomic E-state index is 0.0877. The third kappa shape index (κ3) is 5.09. The summed E-state index contributed by atoms with van der Waals surface area (Å²) in [4.78, 5) is 17.0. The van der Waals surface area contributed by atoms with E-state index in [1.54, 1.807) is 25.3 Å². The monoisotopic (exact) mass is 470 g/mol. The molecule has 30 heavy (non-hydrogen) atoms. The van der Waals surface area contributed by atoms with Gasteiger partial charge in [-0.25, -0.2) is 8.42 Å². The van der Waals surface area contributed by atoms with Crippen LogP contribution >= 0.6 is 24.0 Å². The second kappa shape index (κ2) is 9.57. The molecule has 1 atom stereocenters. The fourth-order valence-corrected chi connectivity index (χ4v) is 6.65. The number of nitrogens with zero attached hydrogens (tertiary/aromatic N) is 2.